The largest absolute Gasteiger partial charge is 0.410 e. The predicted octanol–water partition coefficient (Wildman–Crippen LogP) is 4.91. The number of hydrogen-bond donors (Lipinski definition) is 2. The van der Waals surface area contributed by atoms with Gasteiger partial charge in [-0.05, 0) is 25.3 Å². The minimum atomic E-state index is -4.46. The number of halogens is 3. The molecule has 5 nitrogen and oxygen atoms in total. The second kappa shape index (κ2) is 7.72. The fourth-order valence-corrected chi connectivity index (χ4v) is 4.26. The number of rotatable bonds is 3. The number of aryl methyl sites for hydroxylation is 1. The van der Waals surface area contributed by atoms with Crippen LogP contribution in [0.2, 0.25) is 0 Å². The summed E-state index contributed by atoms with van der Waals surface area (Å²) in [5.74, 6) is -0.228. The smallest absolute Gasteiger partial charge is 0.363 e. The summed E-state index contributed by atoms with van der Waals surface area (Å²) in [6.07, 6.45) is 1.69. The average Bonchev–Trinajstić information content (AvgIpc) is 3.12. The van der Waals surface area contributed by atoms with Crippen LogP contribution in [-0.2, 0) is 0 Å². The Morgan fingerprint density at radius 3 is 2.52 bits per heavy atom. The number of nitrogens with one attached hydrogen (secondary N) is 2. The Kier molecular flexibility index (Phi) is 5.27. The Morgan fingerprint density at radius 2 is 1.86 bits per heavy atom. The van der Waals surface area contributed by atoms with Gasteiger partial charge >= 0.3 is 6.18 Å². The molecule has 0 unspecified atom stereocenters. The second-order valence-corrected chi connectivity index (χ2v) is 8.06. The summed E-state index contributed by atoms with van der Waals surface area (Å²) in [7, 11) is 0. The van der Waals surface area contributed by atoms with E-state index in [0.717, 1.165) is 47.9 Å². The van der Waals surface area contributed by atoms with Crippen LogP contribution in [0, 0.1) is 6.92 Å². The van der Waals surface area contributed by atoms with Crippen molar-refractivity contribution in [3.63, 3.8) is 0 Å². The highest BCUT2D eigenvalue weighted by Gasteiger charge is 2.47. The number of anilines is 1. The molecule has 1 fully saturated rings. The number of hydrogen-bond acceptors (Lipinski definition) is 3. The first-order chi connectivity index (χ1) is 13.8. The summed E-state index contributed by atoms with van der Waals surface area (Å²) in [6.45, 7) is 1.93. The minimum Gasteiger partial charge on any atom is -0.363 e. The molecule has 0 radical (unpaired) electrons. The van der Waals surface area contributed by atoms with Crippen LogP contribution in [-0.4, -0.2) is 27.9 Å². The maximum Gasteiger partial charge on any atom is 0.410 e. The number of alkyl halides is 3. The van der Waals surface area contributed by atoms with Crippen LogP contribution < -0.4 is 10.6 Å². The van der Waals surface area contributed by atoms with Crippen LogP contribution in [0.25, 0.3) is 0 Å². The summed E-state index contributed by atoms with van der Waals surface area (Å²) in [5, 5.41) is 10.0. The molecule has 0 bridgehead atoms. The van der Waals surface area contributed by atoms with E-state index in [-0.39, 0.29) is 29.8 Å². The van der Waals surface area contributed by atoms with Crippen molar-refractivity contribution in [2.45, 2.75) is 69.8 Å². The molecule has 4 rings (SSSR count). The van der Waals surface area contributed by atoms with Gasteiger partial charge in [0.05, 0.1) is 12.2 Å². The van der Waals surface area contributed by atoms with E-state index in [1.807, 2.05) is 31.2 Å². The van der Waals surface area contributed by atoms with Gasteiger partial charge in [0.15, 0.2) is 6.04 Å². The molecule has 0 saturated heterocycles. The van der Waals surface area contributed by atoms with Gasteiger partial charge < -0.3 is 10.6 Å². The van der Waals surface area contributed by atoms with Crippen molar-refractivity contribution in [2.24, 2.45) is 0 Å². The zero-order chi connectivity index (χ0) is 20.6. The number of fused-ring (bicyclic) bond motifs is 1. The van der Waals surface area contributed by atoms with E-state index in [2.05, 4.69) is 15.7 Å². The lowest BCUT2D eigenvalue weighted by Gasteiger charge is -2.34. The van der Waals surface area contributed by atoms with Gasteiger partial charge in [-0.1, -0.05) is 49.1 Å². The molecule has 8 heteroatoms. The summed E-state index contributed by atoms with van der Waals surface area (Å²) in [6, 6.07) is 5.16. The van der Waals surface area contributed by atoms with Crippen LogP contribution in [0.3, 0.4) is 0 Å². The van der Waals surface area contributed by atoms with Gasteiger partial charge in [-0.3, -0.25) is 4.79 Å². The van der Waals surface area contributed by atoms with E-state index in [9.17, 15) is 18.0 Å². The highest BCUT2D eigenvalue weighted by Crippen LogP contribution is 2.44. The van der Waals surface area contributed by atoms with E-state index in [1.54, 1.807) is 0 Å². The van der Waals surface area contributed by atoms with Crippen molar-refractivity contribution in [3.8, 4) is 0 Å². The fraction of sp³-hybridized carbons (Fsp3) is 0.524. The molecule has 1 aromatic heterocycles. The third-order valence-electron chi connectivity index (χ3n) is 5.90. The Labute approximate surface area is 167 Å². The zero-order valence-corrected chi connectivity index (χ0v) is 16.3. The molecule has 1 aliphatic heterocycles. The van der Waals surface area contributed by atoms with Gasteiger partial charge in [-0.2, -0.15) is 18.3 Å². The summed E-state index contributed by atoms with van der Waals surface area (Å²) >= 11 is 0. The minimum absolute atomic E-state index is 0.0710. The van der Waals surface area contributed by atoms with Gasteiger partial charge in [0, 0.05) is 12.5 Å². The molecular formula is C21H25F3N4O. The van der Waals surface area contributed by atoms with Crippen LogP contribution in [0.4, 0.5) is 19.0 Å². The van der Waals surface area contributed by atoms with Crippen LogP contribution >= 0.6 is 0 Å². The first-order valence-electron chi connectivity index (χ1n) is 10.1. The van der Waals surface area contributed by atoms with E-state index in [0.29, 0.717) is 0 Å². The van der Waals surface area contributed by atoms with Crippen LogP contribution in [0.5, 0.6) is 0 Å². The number of carbonyl (C=O) groups excluding carboxylic acids is 1. The average molecular weight is 406 g/mol. The molecular weight excluding hydrogens is 381 g/mol. The SMILES string of the molecule is Cc1ccc([C@H]2C[C@H](C(F)(F)F)n3ncc(C(=O)NC4CCCCC4)c3N2)cc1. The monoisotopic (exact) mass is 406 g/mol. The Morgan fingerprint density at radius 1 is 1.17 bits per heavy atom. The fourth-order valence-electron chi connectivity index (χ4n) is 4.26. The molecule has 156 valence electrons. The van der Waals surface area contributed by atoms with E-state index >= 15 is 0 Å². The number of amides is 1. The van der Waals surface area contributed by atoms with E-state index in [1.165, 1.54) is 6.20 Å². The molecule has 1 amide bonds. The van der Waals surface area contributed by atoms with E-state index < -0.39 is 18.3 Å². The summed E-state index contributed by atoms with van der Waals surface area (Å²) in [5.41, 5.74) is 1.96. The normalized spacial score (nSPS) is 22.6. The summed E-state index contributed by atoms with van der Waals surface area (Å²) in [4.78, 5) is 12.8. The van der Waals surface area contributed by atoms with Crippen molar-refractivity contribution in [1.82, 2.24) is 15.1 Å². The Hall–Kier alpha value is -2.51. The van der Waals surface area contributed by atoms with Crippen molar-refractivity contribution < 1.29 is 18.0 Å². The number of nitrogens with zero attached hydrogens (tertiary/aromatic N) is 2. The third-order valence-corrected chi connectivity index (χ3v) is 5.90. The van der Waals surface area contributed by atoms with Gasteiger partial charge in [0.2, 0.25) is 0 Å². The zero-order valence-electron chi connectivity index (χ0n) is 16.3. The van der Waals surface area contributed by atoms with Crippen LogP contribution in [0.1, 0.15) is 72.1 Å². The van der Waals surface area contributed by atoms with Crippen molar-refractivity contribution in [2.75, 3.05) is 5.32 Å². The second-order valence-electron chi connectivity index (χ2n) is 8.06. The van der Waals surface area contributed by atoms with Gasteiger partial charge in [-0.15, -0.1) is 0 Å². The molecule has 1 saturated carbocycles. The van der Waals surface area contributed by atoms with Gasteiger partial charge in [0.25, 0.3) is 5.91 Å². The quantitative estimate of drug-likeness (QED) is 0.761. The third kappa shape index (κ3) is 4.11. The molecule has 29 heavy (non-hydrogen) atoms. The molecule has 2 N–H and O–H groups in total. The van der Waals surface area contributed by atoms with Crippen molar-refractivity contribution >= 4 is 11.7 Å². The molecule has 2 heterocycles. The predicted molar refractivity (Wildman–Crippen MR) is 104 cm³/mol. The maximum absolute atomic E-state index is 13.8. The standard InChI is InChI=1S/C21H25F3N4O/c1-13-7-9-14(10-8-13)17-11-18(21(22,23)24)28-19(27-17)16(12-25-28)20(29)26-15-5-3-2-4-6-15/h7-10,12,15,17-18,27H,2-6,11H2,1H3,(H,26,29)/t17-,18-/m1/s1. The van der Waals surface area contributed by atoms with Crippen molar-refractivity contribution in [1.29, 1.82) is 0 Å². The number of aromatic nitrogens is 2. The Bertz CT molecular complexity index is 869. The Balaban J connectivity index is 1.64. The lowest BCUT2D eigenvalue weighted by atomic mass is 9.95. The summed E-state index contributed by atoms with van der Waals surface area (Å²) < 4.78 is 42.2. The molecule has 1 aromatic carbocycles. The molecule has 0 spiro atoms. The molecule has 2 aromatic rings. The molecule has 2 atom stereocenters. The molecule has 1 aliphatic carbocycles. The maximum atomic E-state index is 13.8. The highest BCUT2D eigenvalue weighted by atomic mass is 19.4. The first kappa shape index (κ1) is 19.8. The molecule has 2 aliphatic rings. The highest BCUT2D eigenvalue weighted by molar-refractivity contribution is 5.99. The number of benzene rings is 1. The van der Waals surface area contributed by atoms with E-state index in [4.69, 9.17) is 0 Å². The van der Waals surface area contributed by atoms with Gasteiger partial charge in [-0.25, -0.2) is 4.68 Å². The lowest BCUT2D eigenvalue weighted by Crippen LogP contribution is -2.38. The van der Waals surface area contributed by atoms with Gasteiger partial charge in [0.1, 0.15) is 11.4 Å². The van der Waals surface area contributed by atoms with Crippen molar-refractivity contribution in [3.05, 3.63) is 47.2 Å². The first-order valence-corrected chi connectivity index (χ1v) is 10.1. The topological polar surface area (TPSA) is 59.0 Å². The van der Waals surface area contributed by atoms with Crippen LogP contribution in [0.15, 0.2) is 30.5 Å². The number of carbonyl (C=O) groups is 1. The lowest BCUT2D eigenvalue weighted by molar-refractivity contribution is -0.173.